The van der Waals surface area contributed by atoms with Crippen molar-refractivity contribution < 1.29 is 32.2 Å². The van der Waals surface area contributed by atoms with Crippen molar-refractivity contribution in [3.8, 4) is 11.8 Å². The number of nitrogens with one attached hydrogen (secondary N) is 1. The highest BCUT2D eigenvalue weighted by Gasteiger charge is 2.40. The summed E-state index contributed by atoms with van der Waals surface area (Å²) in [5, 5.41) is 2.16. The normalized spacial score (nSPS) is 17.0. The van der Waals surface area contributed by atoms with Crippen LogP contribution in [0.5, 0.6) is 11.8 Å². The lowest BCUT2D eigenvalue weighted by atomic mass is 10.1. The molecule has 0 saturated carbocycles. The summed E-state index contributed by atoms with van der Waals surface area (Å²) in [5.74, 6) is -1.34. The molecular weight excluding hydrogens is 389 g/mol. The lowest BCUT2D eigenvalue weighted by molar-refractivity contribution is -0.141. The van der Waals surface area contributed by atoms with Gasteiger partial charge >= 0.3 is 6.18 Å². The Morgan fingerprint density at radius 1 is 1.30 bits per heavy atom. The highest BCUT2D eigenvalue weighted by molar-refractivity contribution is 7.16. The maximum atomic E-state index is 13.3. The first-order chi connectivity index (χ1) is 12.8. The molecule has 8 nitrogen and oxygen atoms in total. The summed E-state index contributed by atoms with van der Waals surface area (Å²) in [6.07, 6.45) is -3.03. The average molecular weight is 404 g/mol. The molecule has 1 N–H and O–H groups in total. The summed E-state index contributed by atoms with van der Waals surface area (Å²) < 4.78 is 55.2. The van der Waals surface area contributed by atoms with Crippen LogP contribution in [0.3, 0.4) is 0 Å². The second-order valence-corrected chi connectivity index (χ2v) is 6.54. The number of carbonyl (C=O) groups excluding carboxylic acids is 1. The molecule has 1 aliphatic heterocycles. The Kier molecular flexibility index (Phi) is 5.46. The van der Waals surface area contributed by atoms with Crippen molar-refractivity contribution in [1.82, 2.24) is 15.0 Å². The number of nitrogens with zero attached hydrogens (tertiary/aromatic N) is 3. The van der Waals surface area contributed by atoms with Crippen LogP contribution in [-0.4, -0.2) is 48.3 Å². The number of alkyl halides is 3. The Morgan fingerprint density at radius 3 is 2.48 bits per heavy atom. The van der Waals surface area contributed by atoms with E-state index in [1.807, 2.05) is 0 Å². The zero-order valence-corrected chi connectivity index (χ0v) is 15.1. The number of rotatable bonds is 5. The first kappa shape index (κ1) is 19.3. The van der Waals surface area contributed by atoms with Crippen molar-refractivity contribution in [2.45, 2.75) is 18.5 Å². The molecule has 1 aliphatic rings. The Bertz CT molecular complexity index is 815. The molecule has 0 bridgehead atoms. The van der Waals surface area contributed by atoms with E-state index in [1.165, 1.54) is 14.2 Å². The van der Waals surface area contributed by atoms with E-state index in [0.717, 1.165) is 17.7 Å². The van der Waals surface area contributed by atoms with E-state index >= 15 is 0 Å². The molecule has 1 atom stereocenters. The second-order valence-electron chi connectivity index (χ2n) is 5.51. The third-order valence-electron chi connectivity index (χ3n) is 3.83. The van der Waals surface area contributed by atoms with E-state index in [-0.39, 0.29) is 33.9 Å². The van der Waals surface area contributed by atoms with Gasteiger partial charge in [0.1, 0.15) is 6.33 Å². The van der Waals surface area contributed by atoms with Gasteiger partial charge in [0.2, 0.25) is 11.8 Å². The maximum absolute atomic E-state index is 13.3. The molecule has 0 aliphatic carbocycles. The number of amides is 1. The number of aromatic nitrogens is 3. The number of thiazole rings is 1. The quantitative estimate of drug-likeness (QED) is 0.819. The summed E-state index contributed by atoms with van der Waals surface area (Å²) in [4.78, 5) is 23.8. The van der Waals surface area contributed by atoms with Crippen molar-refractivity contribution in [3.05, 3.63) is 22.5 Å². The zero-order valence-electron chi connectivity index (χ0n) is 14.3. The van der Waals surface area contributed by atoms with Gasteiger partial charge in [-0.05, 0) is 6.42 Å². The highest BCUT2D eigenvalue weighted by Crippen LogP contribution is 2.42. The molecular formula is C15H15F3N4O4S. The van der Waals surface area contributed by atoms with Gasteiger partial charge in [-0.25, -0.2) is 15.0 Å². The van der Waals surface area contributed by atoms with E-state index in [9.17, 15) is 18.0 Å². The lowest BCUT2D eigenvalue weighted by Gasteiger charge is -2.09. The van der Waals surface area contributed by atoms with Crippen LogP contribution >= 0.6 is 11.3 Å². The van der Waals surface area contributed by atoms with E-state index < -0.39 is 23.7 Å². The van der Waals surface area contributed by atoms with Gasteiger partial charge in [0, 0.05) is 17.4 Å². The highest BCUT2D eigenvalue weighted by atomic mass is 32.1. The first-order valence-electron chi connectivity index (χ1n) is 7.75. The van der Waals surface area contributed by atoms with Crippen LogP contribution in [0.4, 0.5) is 18.3 Å². The van der Waals surface area contributed by atoms with Crippen molar-refractivity contribution in [2.75, 3.05) is 32.8 Å². The average Bonchev–Trinajstić information content (AvgIpc) is 3.29. The van der Waals surface area contributed by atoms with E-state index in [2.05, 4.69) is 20.3 Å². The minimum Gasteiger partial charge on any atom is -0.480 e. The fraction of sp³-hybridized carbons (Fsp3) is 0.467. The molecule has 3 heterocycles. The van der Waals surface area contributed by atoms with Gasteiger partial charge in [0.25, 0.3) is 5.91 Å². The molecule has 0 radical (unpaired) electrons. The summed E-state index contributed by atoms with van der Waals surface area (Å²) in [5.41, 5.74) is -1.15. The predicted molar refractivity (Wildman–Crippen MR) is 88.4 cm³/mol. The molecule has 27 heavy (non-hydrogen) atoms. The predicted octanol–water partition coefficient (Wildman–Crippen LogP) is 2.73. The monoisotopic (exact) mass is 404 g/mol. The summed E-state index contributed by atoms with van der Waals surface area (Å²) in [7, 11) is 2.59. The Labute approximate surface area is 155 Å². The van der Waals surface area contributed by atoms with Gasteiger partial charge in [-0.15, -0.1) is 11.3 Å². The number of hydrogen-bond donors (Lipinski definition) is 1. The number of anilines is 1. The smallest absolute Gasteiger partial charge is 0.434 e. The van der Waals surface area contributed by atoms with Crippen LogP contribution in [0.15, 0.2) is 6.33 Å². The number of ether oxygens (including phenoxy) is 3. The Hall–Kier alpha value is -2.47. The summed E-state index contributed by atoms with van der Waals surface area (Å²) in [6, 6.07) is 0. The van der Waals surface area contributed by atoms with E-state index in [1.54, 1.807) is 0 Å². The molecule has 1 fully saturated rings. The summed E-state index contributed by atoms with van der Waals surface area (Å²) >= 11 is 0.768. The van der Waals surface area contributed by atoms with Gasteiger partial charge < -0.3 is 14.2 Å². The molecule has 0 aromatic carbocycles. The second kappa shape index (κ2) is 7.64. The maximum Gasteiger partial charge on any atom is 0.434 e. The van der Waals surface area contributed by atoms with Crippen molar-refractivity contribution in [2.24, 2.45) is 0 Å². The van der Waals surface area contributed by atoms with Crippen molar-refractivity contribution in [3.63, 3.8) is 0 Å². The fourth-order valence-corrected chi connectivity index (χ4v) is 3.72. The largest absolute Gasteiger partial charge is 0.480 e. The van der Waals surface area contributed by atoms with Crippen LogP contribution in [0, 0.1) is 0 Å². The molecule has 1 unspecified atom stereocenters. The number of hydrogen-bond acceptors (Lipinski definition) is 8. The van der Waals surface area contributed by atoms with E-state index in [0.29, 0.717) is 13.0 Å². The topological polar surface area (TPSA) is 95.5 Å². The van der Waals surface area contributed by atoms with Crippen molar-refractivity contribution in [1.29, 1.82) is 0 Å². The Balaban J connectivity index is 1.93. The molecule has 1 amide bonds. The van der Waals surface area contributed by atoms with Gasteiger partial charge in [-0.2, -0.15) is 13.2 Å². The van der Waals surface area contributed by atoms with Crippen LogP contribution in [-0.2, 0) is 10.9 Å². The minimum absolute atomic E-state index is 0.0403. The van der Waals surface area contributed by atoms with Crippen LogP contribution in [0.2, 0.25) is 0 Å². The fourth-order valence-electron chi connectivity index (χ4n) is 2.62. The molecule has 12 heteroatoms. The zero-order chi connectivity index (χ0) is 19.6. The SMILES string of the molecule is COc1ncnc(OC)c1C(=O)Nc1nc(C(F)(F)F)c(C2CCOC2)s1. The molecule has 3 rings (SSSR count). The number of halogens is 3. The number of methoxy groups -OCH3 is 2. The van der Waals surface area contributed by atoms with Crippen molar-refractivity contribution >= 4 is 22.4 Å². The van der Waals surface area contributed by atoms with E-state index in [4.69, 9.17) is 14.2 Å². The Morgan fingerprint density at radius 2 is 1.96 bits per heavy atom. The molecule has 2 aromatic rings. The van der Waals surface area contributed by atoms with Gasteiger partial charge in [0.05, 0.1) is 20.8 Å². The van der Waals surface area contributed by atoms with Crippen LogP contribution in [0.1, 0.15) is 33.3 Å². The van der Waals surface area contributed by atoms with Gasteiger partial charge in [-0.1, -0.05) is 0 Å². The third kappa shape index (κ3) is 3.95. The minimum atomic E-state index is -4.64. The molecule has 2 aromatic heterocycles. The van der Waals surface area contributed by atoms with Crippen LogP contribution < -0.4 is 14.8 Å². The van der Waals surface area contributed by atoms with Gasteiger partial charge in [-0.3, -0.25) is 10.1 Å². The third-order valence-corrected chi connectivity index (χ3v) is 4.97. The lowest BCUT2D eigenvalue weighted by Crippen LogP contribution is -2.16. The molecule has 1 saturated heterocycles. The molecule has 146 valence electrons. The number of carbonyl (C=O) groups is 1. The molecule has 0 spiro atoms. The summed E-state index contributed by atoms with van der Waals surface area (Å²) in [6.45, 7) is 0.574. The van der Waals surface area contributed by atoms with Crippen LogP contribution in [0.25, 0.3) is 0 Å². The first-order valence-corrected chi connectivity index (χ1v) is 8.56. The van der Waals surface area contributed by atoms with Gasteiger partial charge in [0.15, 0.2) is 16.4 Å². The standard InChI is InChI=1S/C15H15F3N4O4S/c1-24-12-8(13(25-2)20-6-19-12)11(23)22-14-21-10(15(16,17)18)9(27-14)7-3-4-26-5-7/h6-7H,3-5H2,1-2H3,(H,21,22,23).